The van der Waals surface area contributed by atoms with Crippen LogP contribution in [0.5, 0.6) is 0 Å². The molecule has 5 nitrogen and oxygen atoms in total. The minimum atomic E-state index is 0.527. The second-order valence-electron chi connectivity index (χ2n) is 2.88. The Morgan fingerprint density at radius 3 is 3.13 bits per heavy atom. The zero-order valence-corrected chi connectivity index (χ0v) is 9.01. The number of anilines is 1. The van der Waals surface area contributed by atoms with Gasteiger partial charge in [-0.3, -0.25) is 10.4 Å². The van der Waals surface area contributed by atoms with Gasteiger partial charge in [0.05, 0.1) is 15.7 Å². The summed E-state index contributed by atoms with van der Waals surface area (Å²) in [6, 6.07) is 5.90. The summed E-state index contributed by atoms with van der Waals surface area (Å²) in [5.74, 6) is 5.80. The maximum Gasteiger partial charge on any atom is 0.209 e. The number of guanidine groups is 1. The number of hydrogen-bond donors (Lipinski definition) is 3. The van der Waals surface area contributed by atoms with Crippen LogP contribution in [0.15, 0.2) is 28.7 Å². The fourth-order valence-corrected chi connectivity index (χ4v) is 1.94. The number of nitrogens with two attached hydrogens (primary N) is 1. The number of nitrogens with one attached hydrogen (secondary N) is 2. The van der Waals surface area contributed by atoms with Gasteiger partial charge in [0.2, 0.25) is 5.96 Å². The van der Waals surface area contributed by atoms with Crippen LogP contribution < -0.4 is 16.6 Å². The quantitative estimate of drug-likeness (QED) is 0.292. The third kappa shape index (κ3) is 2.05. The molecule has 0 saturated carbocycles. The molecule has 1 aromatic heterocycles. The zero-order chi connectivity index (χ0) is 10.7. The van der Waals surface area contributed by atoms with E-state index < -0.39 is 0 Å². The van der Waals surface area contributed by atoms with Crippen LogP contribution in [-0.2, 0) is 0 Å². The Hall–Kier alpha value is -1.66. The number of aliphatic imine (C=N–C) groups is 1. The van der Waals surface area contributed by atoms with Crippen molar-refractivity contribution in [2.24, 2.45) is 10.8 Å². The minimum absolute atomic E-state index is 0.527. The summed E-state index contributed by atoms with van der Waals surface area (Å²) >= 11 is 1.60. The summed E-state index contributed by atoms with van der Waals surface area (Å²) in [6.07, 6.45) is 0. The molecule has 2 rings (SSSR count). The zero-order valence-electron chi connectivity index (χ0n) is 8.19. The Balaban J connectivity index is 2.28. The van der Waals surface area contributed by atoms with Crippen molar-refractivity contribution in [1.29, 1.82) is 0 Å². The van der Waals surface area contributed by atoms with E-state index in [1.165, 1.54) is 0 Å². The smallest absolute Gasteiger partial charge is 0.209 e. The van der Waals surface area contributed by atoms with Crippen LogP contribution >= 0.6 is 11.3 Å². The van der Waals surface area contributed by atoms with Crippen molar-refractivity contribution in [3.05, 3.63) is 23.7 Å². The van der Waals surface area contributed by atoms with Gasteiger partial charge < -0.3 is 5.32 Å². The van der Waals surface area contributed by atoms with E-state index in [9.17, 15) is 0 Å². The summed E-state index contributed by atoms with van der Waals surface area (Å²) in [4.78, 5) is 8.13. The van der Waals surface area contributed by atoms with E-state index in [4.69, 9.17) is 5.84 Å². The first kappa shape index (κ1) is 9.88. The number of fused-ring (bicyclic) bond motifs is 1. The van der Waals surface area contributed by atoms with Gasteiger partial charge in [0.15, 0.2) is 0 Å². The van der Waals surface area contributed by atoms with Crippen molar-refractivity contribution in [2.75, 3.05) is 12.4 Å². The van der Waals surface area contributed by atoms with Gasteiger partial charge in [0.25, 0.3) is 0 Å². The second kappa shape index (κ2) is 4.24. The average molecular weight is 221 g/mol. The molecular formula is C9H11N5S. The van der Waals surface area contributed by atoms with E-state index in [2.05, 4.69) is 20.7 Å². The maximum absolute atomic E-state index is 5.27. The van der Waals surface area contributed by atoms with E-state index in [1.807, 2.05) is 23.7 Å². The molecule has 0 atom stereocenters. The molecule has 1 heterocycles. The van der Waals surface area contributed by atoms with Crippen LogP contribution in [0.3, 0.4) is 0 Å². The van der Waals surface area contributed by atoms with Gasteiger partial charge >= 0.3 is 0 Å². The van der Waals surface area contributed by atoms with Crippen molar-refractivity contribution in [1.82, 2.24) is 10.4 Å². The van der Waals surface area contributed by atoms with Gasteiger partial charge in [0, 0.05) is 12.7 Å². The topological polar surface area (TPSA) is 75.3 Å². The largest absolute Gasteiger partial charge is 0.325 e. The van der Waals surface area contributed by atoms with Crippen LogP contribution in [0, 0.1) is 0 Å². The molecule has 0 fully saturated rings. The summed E-state index contributed by atoms with van der Waals surface area (Å²) < 4.78 is 1.13. The molecule has 0 aliphatic carbocycles. The predicted octanol–water partition coefficient (Wildman–Crippen LogP) is 1.16. The minimum Gasteiger partial charge on any atom is -0.325 e. The van der Waals surface area contributed by atoms with Gasteiger partial charge in [-0.15, -0.1) is 11.3 Å². The molecule has 4 N–H and O–H groups in total. The first-order valence-electron chi connectivity index (χ1n) is 4.37. The molecule has 0 amide bonds. The number of nitrogens with zero attached hydrogens (tertiary/aromatic N) is 2. The fraction of sp³-hybridized carbons (Fsp3) is 0.111. The Kier molecular flexibility index (Phi) is 2.79. The van der Waals surface area contributed by atoms with Gasteiger partial charge in [0.1, 0.15) is 0 Å². The molecule has 6 heteroatoms. The Morgan fingerprint density at radius 1 is 1.53 bits per heavy atom. The molecule has 0 unspecified atom stereocenters. The normalized spacial score (nSPS) is 11.7. The Bertz CT molecular complexity index is 490. The summed E-state index contributed by atoms with van der Waals surface area (Å²) in [5, 5.41) is 3.05. The summed E-state index contributed by atoms with van der Waals surface area (Å²) in [7, 11) is 1.66. The number of thiazole rings is 1. The van der Waals surface area contributed by atoms with Crippen molar-refractivity contribution in [2.45, 2.75) is 0 Å². The number of hydrogen-bond acceptors (Lipinski definition) is 4. The SMILES string of the molecule is CN=C(NN)Nc1ccc2ncsc2c1. The molecule has 0 radical (unpaired) electrons. The van der Waals surface area contributed by atoms with E-state index in [0.29, 0.717) is 5.96 Å². The lowest BCUT2D eigenvalue weighted by Crippen LogP contribution is -2.35. The van der Waals surface area contributed by atoms with Crippen LogP contribution in [0.2, 0.25) is 0 Å². The lowest BCUT2D eigenvalue weighted by molar-refractivity contribution is 1.01. The van der Waals surface area contributed by atoms with E-state index in [-0.39, 0.29) is 0 Å². The molecule has 0 bridgehead atoms. The molecule has 0 aliphatic heterocycles. The standard InChI is InChI=1S/C9H11N5S/c1-11-9(14-10)13-6-2-3-7-8(4-6)15-5-12-7/h2-5H,10H2,1H3,(H2,11,13,14). The number of hydrazine groups is 1. The highest BCUT2D eigenvalue weighted by Gasteiger charge is 2.00. The third-order valence-corrected chi connectivity index (χ3v) is 2.75. The molecule has 2 aromatic rings. The third-order valence-electron chi connectivity index (χ3n) is 1.95. The van der Waals surface area contributed by atoms with Crippen molar-refractivity contribution >= 4 is 33.2 Å². The highest BCUT2D eigenvalue weighted by Crippen LogP contribution is 2.21. The van der Waals surface area contributed by atoms with Gasteiger partial charge in [-0.05, 0) is 18.2 Å². The molecule has 0 saturated heterocycles. The van der Waals surface area contributed by atoms with Crippen molar-refractivity contribution in [3.8, 4) is 0 Å². The molecule has 0 spiro atoms. The first-order chi connectivity index (χ1) is 7.33. The first-order valence-corrected chi connectivity index (χ1v) is 5.25. The van der Waals surface area contributed by atoms with E-state index >= 15 is 0 Å². The van der Waals surface area contributed by atoms with E-state index in [1.54, 1.807) is 18.4 Å². The fourth-order valence-electron chi connectivity index (χ4n) is 1.23. The monoisotopic (exact) mass is 221 g/mol. The molecular weight excluding hydrogens is 210 g/mol. The van der Waals surface area contributed by atoms with E-state index in [0.717, 1.165) is 15.9 Å². The van der Waals surface area contributed by atoms with Gasteiger partial charge in [-0.2, -0.15) is 0 Å². The highest BCUT2D eigenvalue weighted by molar-refractivity contribution is 7.16. The molecule has 15 heavy (non-hydrogen) atoms. The van der Waals surface area contributed by atoms with Crippen molar-refractivity contribution in [3.63, 3.8) is 0 Å². The van der Waals surface area contributed by atoms with Gasteiger partial charge in [-0.1, -0.05) is 0 Å². The summed E-state index contributed by atoms with van der Waals surface area (Å²) in [5.41, 5.74) is 6.23. The van der Waals surface area contributed by atoms with Crippen molar-refractivity contribution < 1.29 is 0 Å². The Labute approximate surface area is 91.0 Å². The van der Waals surface area contributed by atoms with Gasteiger partial charge in [-0.25, -0.2) is 10.8 Å². The Morgan fingerprint density at radius 2 is 2.40 bits per heavy atom. The van der Waals surface area contributed by atoms with Crippen LogP contribution in [0.1, 0.15) is 0 Å². The second-order valence-corrected chi connectivity index (χ2v) is 3.76. The van der Waals surface area contributed by atoms with Crippen LogP contribution in [0.4, 0.5) is 5.69 Å². The molecule has 0 aliphatic rings. The highest BCUT2D eigenvalue weighted by atomic mass is 32.1. The number of rotatable bonds is 1. The predicted molar refractivity (Wildman–Crippen MR) is 63.9 cm³/mol. The number of aromatic nitrogens is 1. The lowest BCUT2D eigenvalue weighted by Gasteiger charge is -2.07. The van der Waals surface area contributed by atoms with Crippen LogP contribution in [0.25, 0.3) is 10.2 Å². The molecule has 78 valence electrons. The number of benzene rings is 1. The lowest BCUT2D eigenvalue weighted by atomic mass is 10.3. The van der Waals surface area contributed by atoms with Crippen LogP contribution in [-0.4, -0.2) is 18.0 Å². The molecule has 1 aromatic carbocycles. The maximum atomic E-state index is 5.27. The summed E-state index contributed by atoms with van der Waals surface area (Å²) in [6.45, 7) is 0. The average Bonchev–Trinajstić information content (AvgIpc) is 2.73.